The summed E-state index contributed by atoms with van der Waals surface area (Å²) in [4.78, 5) is 25.2. The first-order valence-electron chi connectivity index (χ1n) is 8.41. The molecule has 2 heterocycles. The van der Waals surface area contributed by atoms with Crippen LogP contribution in [0.25, 0.3) is 5.57 Å². The molecule has 1 aromatic rings. The van der Waals surface area contributed by atoms with Crippen molar-refractivity contribution in [3.63, 3.8) is 0 Å². The van der Waals surface area contributed by atoms with E-state index in [-0.39, 0.29) is 23.7 Å². The molecule has 0 aliphatic carbocycles. The van der Waals surface area contributed by atoms with Crippen LogP contribution in [-0.4, -0.2) is 39.8 Å². The molecule has 2 aliphatic rings. The molecule has 0 spiro atoms. The van der Waals surface area contributed by atoms with E-state index >= 15 is 0 Å². The number of fused-ring (bicyclic) bond motifs is 2. The van der Waals surface area contributed by atoms with Gasteiger partial charge in [-0.15, -0.1) is 0 Å². The predicted molar refractivity (Wildman–Crippen MR) is 90.8 cm³/mol. The molecule has 25 heavy (non-hydrogen) atoms. The standard InChI is InChI=1S/C19H22FNO4/c1-19(2,3)25-18(24)21-13-5-6-14(21)9-12(8-13)11-4-7-15(17(22)23)16(20)10-11/h4,7-8,10,13-14H,5-6,9H2,1-3H3,(H,22,23). The normalized spacial score (nSPS) is 22.6. The number of hydrogen-bond acceptors (Lipinski definition) is 3. The Bertz CT molecular complexity index is 750. The highest BCUT2D eigenvalue weighted by Crippen LogP contribution is 2.39. The third-order valence-electron chi connectivity index (χ3n) is 4.57. The van der Waals surface area contributed by atoms with E-state index in [1.165, 1.54) is 12.1 Å². The minimum absolute atomic E-state index is 0.0297. The van der Waals surface area contributed by atoms with Crippen LogP contribution in [0, 0.1) is 5.82 Å². The van der Waals surface area contributed by atoms with Gasteiger partial charge in [0, 0.05) is 6.04 Å². The van der Waals surface area contributed by atoms with Gasteiger partial charge in [0.2, 0.25) is 0 Å². The summed E-state index contributed by atoms with van der Waals surface area (Å²) in [5.74, 6) is -2.02. The minimum atomic E-state index is -1.28. The highest BCUT2D eigenvalue weighted by Gasteiger charge is 2.41. The summed E-state index contributed by atoms with van der Waals surface area (Å²) in [6, 6.07) is 4.14. The van der Waals surface area contributed by atoms with Crippen molar-refractivity contribution in [1.29, 1.82) is 0 Å². The molecule has 1 N–H and O–H groups in total. The number of ether oxygens (including phenoxy) is 1. The molecule has 3 rings (SSSR count). The fraction of sp³-hybridized carbons (Fsp3) is 0.474. The Morgan fingerprint density at radius 2 is 2.00 bits per heavy atom. The molecule has 1 saturated heterocycles. The minimum Gasteiger partial charge on any atom is -0.478 e. The number of aromatic carboxylic acids is 1. The van der Waals surface area contributed by atoms with Crippen molar-refractivity contribution in [3.05, 3.63) is 41.2 Å². The summed E-state index contributed by atoms with van der Waals surface area (Å²) >= 11 is 0. The largest absolute Gasteiger partial charge is 0.478 e. The van der Waals surface area contributed by atoms with E-state index in [0.717, 1.165) is 18.4 Å². The lowest BCUT2D eigenvalue weighted by Gasteiger charge is -2.35. The number of rotatable bonds is 2. The number of carbonyl (C=O) groups is 2. The maximum Gasteiger partial charge on any atom is 0.411 e. The third kappa shape index (κ3) is 3.52. The van der Waals surface area contributed by atoms with E-state index in [9.17, 15) is 14.0 Å². The van der Waals surface area contributed by atoms with Crippen LogP contribution < -0.4 is 0 Å². The van der Waals surface area contributed by atoms with E-state index in [2.05, 4.69) is 0 Å². The molecule has 0 saturated carbocycles. The van der Waals surface area contributed by atoms with Crippen molar-refractivity contribution >= 4 is 17.6 Å². The maximum atomic E-state index is 14.0. The van der Waals surface area contributed by atoms with Gasteiger partial charge in [-0.1, -0.05) is 12.1 Å². The summed E-state index contributed by atoms with van der Waals surface area (Å²) < 4.78 is 19.5. The van der Waals surface area contributed by atoms with Crippen LogP contribution in [0.4, 0.5) is 9.18 Å². The highest BCUT2D eigenvalue weighted by atomic mass is 19.1. The number of amides is 1. The summed E-state index contributed by atoms with van der Waals surface area (Å²) in [7, 11) is 0. The van der Waals surface area contributed by atoms with Crippen LogP contribution in [0.3, 0.4) is 0 Å². The second-order valence-corrected chi connectivity index (χ2v) is 7.58. The second kappa shape index (κ2) is 6.17. The van der Waals surface area contributed by atoms with Crippen LogP contribution in [0.2, 0.25) is 0 Å². The van der Waals surface area contributed by atoms with E-state index in [1.807, 2.05) is 26.8 Å². The first-order valence-corrected chi connectivity index (χ1v) is 8.41. The van der Waals surface area contributed by atoms with Gasteiger partial charge in [0.15, 0.2) is 0 Å². The molecule has 1 amide bonds. The van der Waals surface area contributed by atoms with Crippen molar-refractivity contribution in [2.45, 2.75) is 57.7 Å². The molecule has 0 aromatic heterocycles. The Balaban J connectivity index is 1.83. The van der Waals surface area contributed by atoms with Crippen molar-refractivity contribution in [2.24, 2.45) is 0 Å². The van der Waals surface area contributed by atoms with E-state index in [1.54, 1.807) is 11.0 Å². The Morgan fingerprint density at radius 3 is 2.56 bits per heavy atom. The zero-order chi connectivity index (χ0) is 18.4. The molecule has 134 valence electrons. The molecule has 2 bridgehead atoms. The number of hydrogen-bond donors (Lipinski definition) is 1. The van der Waals surface area contributed by atoms with Gasteiger partial charge in [-0.3, -0.25) is 4.90 Å². The number of halogens is 1. The Morgan fingerprint density at radius 1 is 1.28 bits per heavy atom. The molecular formula is C19H22FNO4. The van der Waals surface area contributed by atoms with Crippen LogP contribution >= 0.6 is 0 Å². The zero-order valence-corrected chi connectivity index (χ0v) is 14.6. The number of benzene rings is 1. The highest BCUT2D eigenvalue weighted by molar-refractivity contribution is 5.88. The first-order chi connectivity index (χ1) is 11.7. The van der Waals surface area contributed by atoms with Crippen LogP contribution in [0.15, 0.2) is 24.3 Å². The third-order valence-corrected chi connectivity index (χ3v) is 4.57. The van der Waals surface area contributed by atoms with Crippen molar-refractivity contribution in [3.8, 4) is 0 Å². The summed E-state index contributed by atoms with van der Waals surface area (Å²) in [6.45, 7) is 5.51. The van der Waals surface area contributed by atoms with Crippen molar-refractivity contribution in [1.82, 2.24) is 4.90 Å². The van der Waals surface area contributed by atoms with Crippen molar-refractivity contribution < 1.29 is 23.8 Å². The summed E-state index contributed by atoms with van der Waals surface area (Å²) in [6.07, 6.45) is 4.00. The molecule has 2 unspecified atom stereocenters. The smallest absolute Gasteiger partial charge is 0.411 e. The lowest BCUT2D eigenvalue weighted by Crippen LogP contribution is -2.45. The summed E-state index contributed by atoms with van der Waals surface area (Å²) in [5, 5.41) is 8.94. The fourth-order valence-corrected chi connectivity index (χ4v) is 3.53. The molecule has 1 fully saturated rings. The molecular weight excluding hydrogens is 325 g/mol. The average Bonchev–Trinajstić information content (AvgIpc) is 2.75. The van der Waals surface area contributed by atoms with Gasteiger partial charge >= 0.3 is 12.1 Å². The number of nitrogens with zero attached hydrogens (tertiary/aromatic N) is 1. The maximum absolute atomic E-state index is 14.0. The molecule has 6 heteroatoms. The molecule has 5 nitrogen and oxygen atoms in total. The molecule has 2 atom stereocenters. The molecule has 1 aromatic carbocycles. The fourth-order valence-electron chi connectivity index (χ4n) is 3.53. The lowest BCUT2D eigenvalue weighted by atomic mass is 9.94. The topological polar surface area (TPSA) is 66.8 Å². The Hall–Kier alpha value is -2.37. The number of carboxylic acid groups (broad SMARTS) is 1. The Labute approximate surface area is 146 Å². The van der Waals surface area contributed by atoms with Gasteiger partial charge in [0.1, 0.15) is 11.4 Å². The predicted octanol–water partition coefficient (Wildman–Crippen LogP) is 4.08. The zero-order valence-electron chi connectivity index (χ0n) is 14.6. The number of carboxylic acids is 1. The monoisotopic (exact) mass is 347 g/mol. The van der Waals surface area contributed by atoms with Crippen LogP contribution in [-0.2, 0) is 4.74 Å². The van der Waals surface area contributed by atoms with Gasteiger partial charge in [-0.05, 0) is 63.3 Å². The SMILES string of the molecule is CC(C)(C)OC(=O)N1C2C=C(c3ccc(C(=O)O)c(F)c3)CC1CC2. The average molecular weight is 347 g/mol. The summed E-state index contributed by atoms with van der Waals surface area (Å²) in [5.41, 5.74) is 0.737. The van der Waals surface area contributed by atoms with Gasteiger partial charge in [0.25, 0.3) is 0 Å². The van der Waals surface area contributed by atoms with Gasteiger partial charge in [-0.25, -0.2) is 14.0 Å². The van der Waals surface area contributed by atoms with Crippen LogP contribution in [0.1, 0.15) is 56.0 Å². The second-order valence-electron chi connectivity index (χ2n) is 7.58. The van der Waals surface area contributed by atoms with Crippen molar-refractivity contribution in [2.75, 3.05) is 0 Å². The Kier molecular flexibility index (Phi) is 4.31. The first kappa shape index (κ1) is 17.5. The number of carbonyl (C=O) groups excluding carboxylic acids is 1. The van der Waals surface area contributed by atoms with E-state index < -0.39 is 17.4 Å². The van der Waals surface area contributed by atoms with Gasteiger partial charge in [0.05, 0.1) is 11.6 Å². The van der Waals surface area contributed by atoms with E-state index in [4.69, 9.17) is 9.84 Å². The lowest BCUT2D eigenvalue weighted by molar-refractivity contribution is 0.0175. The quantitative estimate of drug-likeness (QED) is 0.875. The molecule has 0 radical (unpaired) electrons. The van der Waals surface area contributed by atoms with E-state index in [0.29, 0.717) is 12.0 Å². The van der Waals surface area contributed by atoms with Gasteiger partial charge < -0.3 is 9.84 Å². The molecule has 2 aliphatic heterocycles. The van der Waals surface area contributed by atoms with Crippen LogP contribution in [0.5, 0.6) is 0 Å². The van der Waals surface area contributed by atoms with Gasteiger partial charge in [-0.2, -0.15) is 0 Å².